The fourth-order valence-corrected chi connectivity index (χ4v) is 8.97. The van der Waals surface area contributed by atoms with E-state index in [-0.39, 0.29) is 35.4 Å². The van der Waals surface area contributed by atoms with Crippen LogP contribution in [0.4, 0.5) is 0 Å². The van der Waals surface area contributed by atoms with E-state index in [1.54, 1.807) is 19.1 Å². The summed E-state index contributed by atoms with van der Waals surface area (Å²) in [7, 11) is 2.83. The van der Waals surface area contributed by atoms with Crippen LogP contribution in [0.15, 0.2) is 41.0 Å². The predicted octanol–water partition coefficient (Wildman–Crippen LogP) is 6.53. The van der Waals surface area contributed by atoms with Crippen molar-refractivity contribution in [3.63, 3.8) is 0 Å². The molecule has 1 aromatic carbocycles. The number of ketones is 2. The number of methoxy groups -OCH3 is 2. The first-order valence-corrected chi connectivity index (χ1v) is 18.1. The Kier molecular flexibility index (Phi) is 9.18. The minimum absolute atomic E-state index is 0.0202. The number of carbonyl (C=O) groups excluding carboxylic acids is 4. The number of benzene rings is 1. The topological polar surface area (TPSA) is 118 Å². The maximum absolute atomic E-state index is 15.1. The second kappa shape index (κ2) is 12.8. The summed E-state index contributed by atoms with van der Waals surface area (Å²) in [5, 5.41) is 0. The summed E-state index contributed by atoms with van der Waals surface area (Å²) >= 11 is 0. The molecule has 0 aromatic heterocycles. The Morgan fingerprint density at radius 3 is 2.35 bits per heavy atom. The summed E-state index contributed by atoms with van der Waals surface area (Å²) in [6.07, 6.45) is 10.9. The molecule has 274 valence electrons. The Morgan fingerprint density at radius 2 is 1.73 bits per heavy atom. The number of esters is 1. The molecule has 0 unspecified atom stereocenters. The molecule has 1 saturated heterocycles. The van der Waals surface area contributed by atoms with Gasteiger partial charge >= 0.3 is 5.97 Å². The highest BCUT2D eigenvalue weighted by Gasteiger charge is 2.81. The molecule has 10 nitrogen and oxygen atoms in total. The molecule has 5 atom stereocenters. The van der Waals surface area contributed by atoms with Gasteiger partial charge in [-0.25, -0.2) is 4.79 Å². The lowest BCUT2D eigenvalue weighted by atomic mass is 9.51. The molecule has 51 heavy (non-hydrogen) atoms. The van der Waals surface area contributed by atoms with Gasteiger partial charge in [-0.3, -0.25) is 14.4 Å². The van der Waals surface area contributed by atoms with Crippen molar-refractivity contribution < 1.29 is 42.9 Å². The fraction of sp³-hybridized carbons (Fsp3) is 0.561. The second-order valence-corrected chi connectivity index (χ2v) is 15.4. The molecule has 3 heterocycles. The van der Waals surface area contributed by atoms with Crippen LogP contribution in [-0.4, -0.2) is 78.1 Å². The first-order chi connectivity index (χ1) is 24.0. The van der Waals surface area contributed by atoms with E-state index < -0.39 is 34.3 Å². The molecular weight excluding hydrogens is 650 g/mol. The second-order valence-electron chi connectivity index (χ2n) is 15.4. The molecule has 1 amide bonds. The smallest absolute Gasteiger partial charge is 0.333 e. The molecule has 10 heteroatoms. The van der Waals surface area contributed by atoms with Gasteiger partial charge in [0.1, 0.15) is 28.4 Å². The first kappa shape index (κ1) is 36.6. The fourth-order valence-electron chi connectivity index (χ4n) is 8.97. The zero-order chi connectivity index (χ0) is 37.3. The highest BCUT2D eigenvalue weighted by atomic mass is 16.6. The van der Waals surface area contributed by atoms with Crippen LogP contribution in [0.1, 0.15) is 103 Å². The standard InChI is InChI=1S/C41H51NO9/c1-11-42(12-2)30(43)17-19-39(8)18-16-27-33(49-39)26(14-13-23(3)4)35-31(34(27)47-9)32(44)28-21-25-22-29-38(6,7)51-40(36(25)45,41(28,29)50-35)20-15-24(5)37(46)48-10/h13,15-16,18,21,25,29H,11-12,14,17,19-20,22H2,1-10H3/b24-15-/t25-,29-,39-,40-,41+/m0/s1. The number of ether oxygens (including phenoxy) is 5. The summed E-state index contributed by atoms with van der Waals surface area (Å²) in [5.41, 5.74) is -1.39. The van der Waals surface area contributed by atoms with Gasteiger partial charge < -0.3 is 28.6 Å². The van der Waals surface area contributed by atoms with Gasteiger partial charge in [-0.2, -0.15) is 0 Å². The molecule has 6 aliphatic rings. The van der Waals surface area contributed by atoms with Gasteiger partial charge in [-0.05, 0) is 86.8 Å². The van der Waals surface area contributed by atoms with Crippen molar-refractivity contribution in [3.05, 3.63) is 57.7 Å². The number of hydrogen-bond donors (Lipinski definition) is 0. The Labute approximate surface area is 300 Å². The average Bonchev–Trinajstić information content (AvgIpc) is 3.25. The molecule has 4 bridgehead atoms. The Bertz CT molecular complexity index is 1820. The summed E-state index contributed by atoms with van der Waals surface area (Å²) in [4.78, 5) is 56.9. The minimum atomic E-state index is -1.58. The van der Waals surface area contributed by atoms with Gasteiger partial charge in [0.15, 0.2) is 22.8 Å². The predicted molar refractivity (Wildman–Crippen MR) is 192 cm³/mol. The normalized spacial score (nSPS) is 29.2. The molecule has 1 saturated carbocycles. The van der Waals surface area contributed by atoms with E-state index >= 15 is 4.79 Å². The number of rotatable bonds is 11. The molecular formula is C41H51NO9. The molecule has 1 spiro atoms. The highest BCUT2D eigenvalue weighted by molar-refractivity contribution is 6.19. The number of Topliss-reactive ketones (excluding diaryl/α,β-unsaturated/α-hetero) is 2. The van der Waals surface area contributed by atoms with Crippen LogP contribution in [0.25, 0.3) is 6.08 Å². The van der Waals surface area contributed by atoms with Crippen molar-refractivity contribution in [2.24, 2.45) is 11.8 Å². The third-order valence-corrected chi connectivity index (χ3v) is 11.6. The van der Waals surface area contributed by atoms with Gasteiger partial charge in [0.05, 0.1) is 25.4 Å². The van der Waals surface area contributed by atoms with E-state index in [4.69, 9.17) is 23.7 Å². The number of hydrogen-bond acceptors (Lipinski definition) is 9. The van der Waals surface area contributed by atoms with E-state index in [0.717, 1.165) is 5.57 Å². The van der Waals surface area contributed by atoms with Gasteiger partial charge in [-0.15, -0.1) is 0 Å². The Balaban J connectivity index is 1.55. The molecule has 7 rings (SSSR count). The Morgan fingerprint density at radius 1 is 1.02 bits per heavy atom. The van der Waals surface area contributed by atoms with Crippen LogP contribution >= 0.6 is 0 Å². The summed E-state index contributed by atoms with van der Waals surface area (Å²) in [6.45, 7) is 16.7. The lowest BCUT2D eigenvalue weighted by Gasteiger charge is -2.56. The van der Waals surface area contributed by atoms with E-state index in [1.807, 2.05) is 65.5 Å². The number of amides is 1. The van der Waals surface area contributed by atoms with E-state index in [0.29, 0.717) is 78.3 Å². The van der Waals surface area contributed by atoms with Crippen LogP contribution in [0.5, 0.6) is 17.2 Å². The number of nitrogens with zero attached hydrogens (tertiary/aromatic N) is 1. The van der Waals surface area contributed by atoms with Gasteiger partial charge in [0.25, 0.3) is 0 Å². The van der Waals surface area contributed by atoms with Crippen molar-refractivity contribution in [2.45, 2.75) is 110 Å². The number of allylic oxidation sites excluding steroid dienone is 3. The molecule has 3 aliphatic heterocycles. The maximum atomic E-state index is 15.1. The minimum Gasteiger partial charge on any atom is -0.495 e. The summed E-state index contributed by atoms with van der Waals surface area (Å²) in [5.74, 6) is -0.657. The van der Waals surface area contributed by atoms with Crippen molar-refractivity contribution >= 4 is 29.5 Å². The zero-order valence-electron chi connectivity index (χ0n) is 31.6. The quantitative estimate of drug-likeness (QED) is 0.144. The molecule has 2 fully saturated rings. The number of carbonyl (C=O) groups is 4. The number of fused-ring (bicyclic) bond motifs is 2. The largest absolute Gasteiger partial charge is 0.495 e. The third kappa shape index (κ3) is 5.39. The van der Waals surface area contributed by atoms with Gasteiger partial charge in [0.2, 0.25) is 5.91 Å². The van der Waals surface area contributed by atoms with Crippen LogP contribution in [0.3, 0.4) is 0 Å². The van der Waals surface area contributed by atoms with Gasteiger partial charge in [0, 0.05) is 54.5 Å². The molecule has 0 N–H and O–H groups in total. The van der Waals surface area contributed by atoms with Crippen molar-refractivity contribution in [1.82, 2.24) is 4.90 Å². The van der Waals surface area contributed by atoms with E-state index in [9.17, 15) is 14.4 Å². The van der Waals surface area contributed by atoms with Gasteiger partial charge in [-0.1, -0.05) is 23.8 Å². The Hall–Kier alpha value is -4.18. The lowest BCUT2D eigenvalue weighted by Crippen LogP contribution is -2.72. The SMILES string of the molecule is CCN(CC)C(=O)CC[C@]1(C)C=Cc2c(c(CC=C(C)C)c3c(c2OC)C(=O)C2=C[C@H]4C[C@H]5C(C)(C)O[C@@](C/C=C(/C)C(=O)OC)(C4=O)[C@@]25O3)O1. The van der Waals surface area contributed by atoms with Crippen molar-refractivity contribution in [3.8, 4) is 17.2 Å². The first-order valence-electron chi connectivity index (χ1n) is 18.1. The summed E-state index contributed by atoms with van der Waals surface area (Å²) < 4.78 is 32.0. The monoisotopic (exact) mass is 701 g/mol. The lowest BCUT2D eigenvalue weighted by molar-refractivity contribution is -0.171. The van der Waals surface area contributed by atoms with E-state index in [2.05, 4.69) is 6.08 Å². The maximum Gasteiger partial charge on any atom is 0.333 e. The van der Waals surface area contributed by atoms with Crippen molar-refractivity contribution in [1.29, 1.82) is 0 Å². The molecule has 1 aromatic rings. The highest BCUT2D eigenvalue weighted by Crippen LogP contribution is 2.68. The summed E-state index contributed by atoms with van der Waals surface area (Å²) in [6, 6.07) is 0. The zero-order valence-corrected chi connectivity index (χ0v) is 31.6. The van der Waals surface area contributed by atoms with Crippen LogP contribution in [0.2, 0.25) is 0 Å². The van der Waals surface area contributed by atoms with Crippen LogP contribution in [0, 0.1) is 11.8 Å². The third-order valence-electron chi connectivity index (χ3n) is 11.6. The van der Waals surface area contributed by atoms with Crippen LogP contribution in [-0.2, 0) is 30.3 Å². The van der Waals surface area contributed by atoms with Crippen molar-refractivity contribution in [2.75, 3.05) is 27.3 Å². The average molecular weight is 702 g/mol. The van der Waals surface area contributed by atoms with Crippen LogP contribution < -0.4 is 14.2 Å². The molecule has 3 aliphatic carbocycles. The molecule has 0 radical (unpaired) electrons. The van der Waals surface area contributed by atoms with E-state index in [1.165, 1.54) is 14.2 Å².